The van der Waals surface area contributed by atoms with Gasteiger partial charge in [0.25, 0.3) is 0 Å². The van der Waals surface area contributed by atoms with Crippen LogP contribution in [0.15, 0.2) is 24.4 Å². The second kappa shape index (κ2) is 8.21. The van der Waals surface area contributed by atoms with E-state index in [-0.39, 0.29) is 17.7 Å². The normalized spacial score (nSPS) is 18.4. The zero-order chi connectivity index (χ0) is 22.3. The molecule has 1 saturated heterocycles. The third-order valence-corrected chi connectivity index (χ3v) is 6.32. The Balaban J connectivity index is 1.50. The molecule has 1 aliphatic heterocycles. The van der Waals surface area contributed by atoms with Crippen molar-refractivity contribution in [2.24, 2.45) is 0 Å². The van der Waals surface area contributed by atoms with Crippen molar-refractivity contribution in [3.63, 3.8) is 0 Å². The number of nitrogens with zero attached hydrogens (tertiary/aromatic N) is 5. The number of nitrogens with one attached hydrogen (secondary N) is 2. The highest BCUT2D eigenvalue weighted by Gasteiger charge is 2.37. The third kappa shape index (κ3) is 4.09. The van der Waals surface area contributed by atoms with Crippen LogP contribution in [-0.2, 0) is 12.6 Å². The number of pyridine rings is 1. The van der Waals surface area contributed by atoms with Crippen LogP contribution < -0.4 is 10.6 Å². The van der Waals surface area contributed by atoms with Crippen LogP contribution in [0.1, 0.15) is 41.2 Å². The minimum atomic E-state index is -4.57. The quantitative estimate of drug-likeness (QED) is 0.612. The van der Waals surface area contributed by atoms with Gasteiger partial charge in [-0.05, 0) is 43.9 Å². The van der Waals surface area contributed by atoms with Gasteiger partial charge in [-0.3, -0.25) is 0 Å². The molecule has 3 aromatic heterocycles. The van der Waals surface area contributed by atoms with E-state index in [4.69, 9.17) is 0 Å². The molecule has 11 heteroatoms. The van der Waals surface area contributed by atoms with Crippen molar-refractivity contribution in [1.29, 1.82) is 0 Å². The number of fused-ring (bicyclic) bond motifs is 1. The van der Waals surface area contributed by atoms with E-state index < -0.39 is 11.7 Å². The van der Waals surface area contributed by atoms with Crippen LogP contribution in [0.2, 0.25) is 0 Å². The van der Waals surface area contributed by atoms with Crippen LogP contribution >= 0.6 is 11.5 Å². The molecule has 2 N–H and O–H groups in total. The van der Waals surface area contributed by atoms with Gasteiger partial charge in [0.2, 0.25) is 5.95 Å². The number of allylic oxidation sites excluding steroid dienone is 1. The van der Waals surface area contributed by atoms with Crippen LogP contribution in [0.5, 0.6) is 0 Å². The number of aromatic nitrogens is 5. The molecule has 0 radical (unpaired) electrons. The summed E-state index contributed by atoms with van der Waals surface area (Å²) < 4.78 is 45.5. The second-order valence-electron chi connectivity index (χ2n) is 7.80. The molecule has 7 nitrogen and oxygen atoms in total. The van der Waals surface area contributed by atoms with Gasteiger partial charge < -0.3 is 10.6 Å². The number of halogens is 3. The maximum absolute atomic E-state index is 13.8. The lowest BCUT2D eigenvalue weighted by Crippen LogP contribution is -2.38. The topological polar surface area (TPSA) is 88.5 Å². The first kappa shape index (κ1) is 21.0. The van der Waals surface area contributed by atoms with Gasteiger partial charge in [0.05, 0.1) is 11.4 Å². The first-order valence-electron chi connectivity index (χ1n) is 10.3. The smallest absolute Gasteiger partial charge is 0.350 e. The molecule has 0 saturated carbocycles. The maximum Gasteiger partial charge on any atom is 0.419 e. The molecule has 3 aromatic rings. The summed E-state index contributed by atoms with van der Waals surface area (Å²) in [6.45, 7) is 3.46. The van der Waals surface area contributed by atoms with E-state index in [9.17, 15) is 13.2 Å². The molecule has 32 heavy (non-hydrogen) atoms. The molecule has 0 amide bonds. The van der Waals surface area contributed by atoms with E-state index in [1.165, 1.54) is 11.5 Å². The Kier molecular flexibility index (Phi) is 5.38. The molecule has 0 unspecified atom stereocenters. The molecule has 5 rings (SSSR count). The van der Waals surface area contributed by atoms with Gasteiger partial charge in [0, 0.05) is 36.3 Å². The van der Waals surface area contributed by atoms with Crippen molar-refractivity contribution in [2.45, 2.75) is 38.4 Å². The fourth-order valence-electron chi connectivity index (χ4n) is 3.98. The zero-order valence-corrected chi connectivity index (χ0v) is 18.0. The van der Waals surface area contributed by atoms with Gasteiger partial charge in [-0.1, -0.05) is 12.1 Å². The summed E-state index contributed by atoms with van der Waals surface area (Å²) >= 11 is 1.25. The highest BCUT2D eigenvalue weighted by Crippen LogP contribution is 2.39. The minimum absolute atomic E-state index is 0.0813. The van der Waals surface area contributed by atoms with Crippen LogP contribution in [0, 0.1) is 6.92 Å². The lowest BCUT2D eigenvalue weighted by molar-refractivity contribution is -0.138. The molecule has 1 fully saturated rings. The summed E-state index contributed by atoms with van der Waals surface area (Å²) in [5.41, 5.74) is 1.45. The highest BCUT2D eigenvalue weighted by molar-refractivity contribution is 7.09. The average Bonchev–Trinajstić information content (AvgIpc) is 3.39. The monoisotopic (exact) mass is 459 g/mol. The van der Waals surface area contributed by atoms with Crippen LogP contribution in [-0.4, -0.2) is 43.4 Å². The summed E-state index contributed by atoms with van der Waals surface area (Å²) in [7, 11) is 0. The first-order chi connectivity index (χ1) is 15.4. The van der Waals surface area contributed by atoms with Crippen molar-refractivity contribution in [3.8, 4) is 10.7 Å². The van der Waals surface area contributed by atoms with E-state index in [2.05, 4.69) is 34.9 Å². The van der Waals surface area contributed by atoms with Gasteiger partial charge in [0.15, 0.2) is 5.01 Å². The van der Waals surface area contributed by atoms with E-state index in [1.54, 1.807) is 25.1 Å². The van der Waals surface area contributed by atoms with Crippen molar-refractivity contribution in [1.82, 2.24) is 29.6 Å². The number of hydrogen-bond donors (Lipinski definition) is 2. The summed E-state index contributed by atoms with van der Waals surface area (Å²) in [5.74, 6) is 0.861. The molecule has 4 heterocycles. The Morgan fingerprint density at radius 2 is 2.06 bits per heavy atom. The molecule has 0 bridgehead atoms. The Bertz CT molecular complexity index is 1180. The SMILES string of the molecule is Cc1nsc(-c2ccc3c(n2)CC=C3c2nc(N[C@H]3CCCNC3)ncc2C(F)(F)F)n1. The van der Waals surface area contributed by atoms with E-state index in [1.807, 2.05) is 0 Å². The number of rotatable bonds is 4. The van der Waals surface area contributed by atoms with Gasteiger partial charge in [-0.25, -0.2) is 19.9 Å². The van der Waals surface area contributed by atoms with Crippen molar-refractivity contribution < 1.29 is 13.2 Å². The number of aryl methyl sites for hydroxylation is 1. The van der Waals surface area contributed by atoms with E-state index >= 15 is 0 Å². The summed E-state index contributed by atoms with van der Waals surface area (Å²) in [4.78, 5) is 17.2. The van der Waals surface area contributed by atoms with Crippen LogP contribution in [0.4, 0.5) is 19.1 Å². The Morgan fingerprint density at radius 1 is 1.19 bits per heavy atom. The largest absolute Gasteiger partial charge is 0.419 e. The predicted octanol–water partition coefficient (Wildman–Crippen LogP) is 3.87. The lowest BCUT2D eigenvalue weighted by atomic mass is 10.0. The van der Waals surface area contributed by atoms with Gasteiger partial charge in [0.1, 0.15) is 17.1 Å². The maximum atomic E-state index is 13.8. The summed E-state index contributed by atoms with van der Waals surface area (Å²) in [6.07, 6.45) is 0.373. The average molecular weight is 460 g/mol. The van der Waals surface area contributed by atoms with Gasteiger partial charge in [-0.15, -0.1) is 0 Å². The molecule has 0 aromatic carbocycles. The van der Waals surface area contributed by atoms with Crippen molar-refractivity contribution in [2.75, 3.05) is 18.4 Å². The molecule has 1 atom stereocenters. The van der Waals surface area contributed by atoms with Gasteiger partial charge in [-0.2, -0.15) is 17.5 Å². The molecule has 0 spiro atoms. The fraction of sp³-hybridized carbons (Fsp3) is 0.381. The number of hydrogen-bond acceptors (Lipinski definition) is 8. The summed E-state index contributed by atoms with van der Waals surface area (Å²) in [5, 5.41) is 7.12. The van der Waals surface area contributed by atoms with E-state index in [0.29, 0.717) is 39.8 Å². The molecule has 166 valence electrons. The summed E-state index contributed by atoms with van der Waals surface area (Å²) in [6, 6.07) is 3.63. The van der Waals surface area contributed by atoms with Crippen LogP contribution in [0.25, 0.3) is 16.3 Å². The van der Waals surface area contributed by atoms with E-state index in [0.717, 1.165) is 32.1 Å². The predicted molar refractivity (Wildman–Crippen MR) is 115 cm³/mol. The minimum Gasteiger partial charge on any atom is -0.350 e. The molecule has 2 aliphatic rings. The number of piperidine rings is 1. The van der Waals surface area contributed by atoms with Crippen molar-refractivity contribution in [3.05, 3.63) is 52.7 Å². The number of alkyl halides is 3. The standard InChI is InChI=1S/C21H20F3N7S/c1-11-27-19(32-31-11)17-7-4-13-14(5-6-16(13)29-17)18-15(21(22,23)24)10-26-20(30-18)28-12-3-2-8-25-9-12/h4-5,7,10,12,25H,2-3,6,8-9H2,1H3,(H,26,28,30)/t12-/m0/s1. The molecular formula is C21H20F3N7S. The number of anilines is 1. The molecular weight excluding hydrogens is 439 g/mol. The Morgan fingerprint density at radius 3 is 2.78 bits per heavy atom. The van der Waals surface area contributed by atoms with Crippen LogP contribution in [0.3, 0.4) is 0 Å². The van der Waals surface area contributed by atoms with Crippen molar-refractivity contribution >= 4 is 23.1 Å². The zero-order valence-electron chi connectivity index (χ0n) is 17.2. The fourth-order valence-corrected chi connectivity index (χ4v) is 4.62. The molecule has 1 aliphatic carbocycles. The first-order valence-corrected chi connectivity index (χ1v) is 11.1. The van der Waals surface area contributed by atoms with Gasteiger partial charge >= 0.3 is 6.18 Å². The Hall–Kier alpha value is -2.92. The third-order valence-electron chi connectivity index (χ3n) is 5.49. The second-order valence-corrected chi connectivity index (χ2v) is 8.55. The lowest BCUT2D eigenvalue weighted by Gasteiger charge is -2.24. The highest BCUT2D eigenvalue weighted by atomic mass is 32.1. The Labute approximate surface area is 186 Å².